The smallest absolute Gasteiger partial charge is 0.406 e. The molecule has 2 fully saturated rings. The largest absolute Gasteiger partial charge is 0.453 e. The van der Waals surface area contributed by atoms with E-state index < -0.39 is 6.09 Å². The van der Waals surface area contributed by atoms with Crippen LogP contribution in [0.1, 0.15) is 70.0 Å². The van der Waals surface area contributed by atoms with E-state index in [0.29, 0.717) is 30.1 Å². The summed E-state index contributed by atoms with van der Waals surface area (Å²) in [6.07, 6.45) is 8.49. The van der Waals surface area contributed by atoms with E-state index in [4.69, 9.17) is 16.3 Å². The molecule has 1 aliphatic heterocycles. The molecule has 208 valence electrons. The van der Waals surface area contributed by atoms with Crippen molar-refractivity contribution in [2.75, 3.05) is 46.9 Å². The highest BCUT2D eigenvalue weighted by Crippen LogP contribution is 2.39. The summed E-state index contributed by atoms with van der Waals surface area (Å²) in [7, 11) is 3.28. The Morgan fingerprint density at radius 1 is 1.22 bits per heavy atom. The van der Waals surface area contributed by atoms with Crippen molar-refractivity contribution in [3.8, 4) is 0 Å². The van der Waals surface area contributed by atoms with Crippen LogP contribution >= 0.6 is 11.6 Å². The number of likely N-dealkylation sites (N-methyl/N-ethyl adjacent to an activating group) is 1. The minimum absolute atomic E-state index is 0.00145. The molecule has 1 aromatic carbocycles. The third-order valence-electron chi connectivity index (χ3n) is 7.78. The first kappa shape index (κ1) is 29.5. The number of carbonyl (C=O) groups excluding carboxylic acids is 2. The van der Waals surface area contributed by atoms with Gasteiger partial charge in [0.15, 0.2) is 0 Å². The highest BCUT2D eigenvalue weighted by molar-refractivity contribution is 6.30. The molecule has 9 heteroatoms. The maximum absolute atomic E-state index is 13.4. The summed E-state index contributed by atoms with van der Waals surface area (Å²) in [5.41, 5.74) is 1.28. The fraction of sp³-hybridized carbons (Fsp3) is 0.714. The van der Waals surface area contributed by atoms with Gasteiger partial charge in [-0.15, -0.1) is 0 Å². The maximum atomic E-state index is 13.4. The minimum atomic E-state index is -0.485. The van der Waals surface area contributed by atoms with E-state index in [1.165, 1.54) is 39.2 Å². The lowest BCUT2D eigenvalue weighted by Gasteiger charge is -2.39. The average molecular weight is 537 g/mol. The van der Waals surface area contributed by atoms with Gasteiger partial charge in [-0.25, -0.2) is 9.59 Å². The van der Waals surface area contributed by atoms with Gasteiger partial charge < -0.3 is 30.3 Å². The maximum Gasteiger partial charge on any atom is 0.406 e. The first-order valence-electron chi connectivity index (χ1n) is 13.7. The van der Waals surface area contributed by atoms with Gasteiger partial charge in [0.25, 0.3) is 0 Å². The van der Waals surface area contributed by atoms with Gasteiger partial charge in [-0.1, -0.05) is 49.9 Å². The third-order valence-corrected chi connectivity index (χ3v) is 8.02. The van der Waals surface area contributed by atoms with Crippen molar-refractivity contribution >= 4 is 23.7 Å². The fourth-order valence-corrected chi connectivity index (χ4v) is 6.13. The van der Waals surface area contributed by atoms with Gasteiger partial charge >= 0.3 is 12.1 Å². The number of ether oxygens (including phenoxy) is 2. The molecule has 2 aliphatic rings. The zero-order valence-electron chi connectivity index (χ0n) is 22.7. The van der Waals surface area contributed by atoms with Crippen molar-refractivity contribution in [3.05, 3.63) is 34.9 Å². The van der Waals surface area contributed by atoms with Crippen LogP contribution in [0.3, 0.4) is 0 Å². The van der Waals surface area contributed by atoms with Crippen LogP contribution in [0.5, 0.6) is 0 Å². The SMILES string of the molecule is CNC[C@H](CC1(C)CCCCC1)NC(=O)N1CCC[C@@H](C(OCCNC(=O)OC)c2cccc(Cl)c2)C1. The van der Waals surface area contributed by atoms with E-state index in [1.54, 1.807) is 0 Å². The molecule has 37 heavy (non-hydrogen) atoms. The molecule has 0 spiro atoms. The quantitative estimate of drug-likeness (QED) is 0.341. The molecule has 3 atom stereocenters. The highest BCUT2D eigenvalue weighted by Gasteiger charge is 2.34. The van der Waals surface area contributed by atoms with E-state index in [-0.39, 0.29) is 24.1 Å². The zero-order chi connectivity index (χ0) is 26.7. The molecule has 3 N–H and O–H groups in total. The summed E-state index contributed by atoms with van der Waals surface area (Å²) in [4.78, 5) is 26.8. The summed E-state index contributed by atoms with van der Waals surface area (Å²) in [5.74, 6) is 0.120. The number of carbonyl (C=O) groups is 2. The molecular weight excluding hydrogens is 492 g/mol. The van der Waals surface area contributed by atoms with Gasteiger partial charge in [-0.2, -0.15) is 0 Å². The highest BCUT2D eigenvalue weighted by atomic mass is 35.5. The molecule has 1 heterocycles. The molecule has 3 rings (SSSR count). The van der Waals surface area contributed by atoms with Crippen molar-refractivity contribution in [3.63, 3.8) is 0 Å². The second-order valence-electron chi connectivity index (χ2n) is 10.9. The Morgan fingerprint density at radius 2 is 2.00 bits per heavy atom. The standard InChI is InChI=1S/C28H45ClN4O4/c1-28(12-5-4-6-13-28)18-24(19-30-2)32-26(34)33-15-8-10-22(20-33)25(21-9-7-11-23(29)17-21)37-16-14-31-27(35)36-3/h7,9,11,17,22,24-25,30H,4-6,8,10,12-16,18-20H2,1-3H3,(H,31,35)(H,32,34)/t22-,24+,25?/m1/s1. The second kappa shape index (κ2) is 14.8. The van der Waals surface area contributed by atoms with Gasteiger partial charge in [0.05, 0.1) is 19.8 Å². The lowest BCUT2D eigenvalue weighted by Crippen LogP contribution is -2.52. The number of hydrogen-bond acceptors (Lipinski definition) is 5. The van der Waals surface area contributed by atoms with E-state index in [1.807, 2.05) is 36.2 Å². The van der Waals surface area contributed by atoms with E-state index in [9.17, 15) is 9.59 Å². The second-order valence-corrected chi connectivity index (χ2v) is 11.3. The summed E-state index contributed by atoms with van der Waals surface area (Å²) in [6.45, 7) is 5.15. The monoisotopic (exact) mass is 536 g/mol. The predicted octanol–water partition coefficient (Wildman–Crippen LogP) is 5.12. The number of alkyl carbamates (subject to hydrolysis) is 1. The molecule has 1 aromatic rings. The Kier molecular flexibility index (Phi) is 11.8. The number of piperidine rings is 1. The normalized spacial score (nSPS) is 21.1. The van der Waals surface area contributed by atoms with Crippen LogP contribution in [-0.2, 0) is 9.47 Å². The van der Waals surface area contributed by atoms with Crippen molar-refractivity contribution in [2.45, 2.75) is 70.4 Å². The van der Waals surface area contributed by atoms with Crippen molar-refractivity contribution in [2.24, 2.45) is 11.3 Å². The average Bonchev–Trinajstić information content (AvgIpc) is 2.89. The number of methoxy groups -OCH3 is 1. The third kappa shape index (κ3) is 9.34. The molecule has 0 radical (unpaired) electrons. The molecule has 0 bridgehead atoms. The van der Waals surface area contributed by atoms with Gasteiger partial charge in [-0.3, -0.25) is 0 Å². The number of nitrogens with zero attached hydrogens (tertiary/aromatic N) is 1. The number of halogens is 1. The van der Waals surface area contributed by atoms with Crippen LogP contribution in [0.25, 0.3) is 0 Å². The summed E-state index contributed by atoms with van der Waals surface area (Å²) in [5, 5.41) is 9.92. The topological polar surface area (TPSA) is 91.9 Å². The van der Waals surface area contributed by atoms with Crippen LogP contribution in [0.2, 0.25) is 5.02 Å². The first-order chi connectivity index (χ1) is 17.8. The predicted molar refractivity (Wildman–Crippen MR) is 147 cm³/mol. The lowest BCUT2D eigenvalue weighted by molar-refractivity contribution is -0.00870. The van der Waals surface area contributed by atoms with Crippen molar-refractivity contribution in [1.82, 2.24) is 20.9 Å². The van der Waals surface area contributed by atoms with Crippen molar-refractivity contribution < 1.29 is 19.1 Å². The van der Waals surface area contributed by atoms with Gasteiger partial charge in [0.2, 0.25) is 0 Å². The molecule has 1 aliphatic carbocycles. The number of hydrogen-bond donors (Lipinski definition) is 3. The van der Waals surface area contributed by atoms with Gasteiger partial charge in [0, 0.05) is 43.2 Å². The van der Waals surface area contributed by atoms with E-state index in [0.717, 1.165) is 37.9 Å². The summed E-state index contributed by atoms with van der Waals surface area (Å²) >= 11 is 6.30. The molecule has 1 saturated heterocycles. The summed E-state index contributed by atoms with van der Waals surface area (Å²) < 4.78 is 10.9. The Balaban J connectivity index is 1.64. The number of nitrogens with one attached hydrogen (secondary N) is 3. The molecule has 3 amide bonds. The summed E-state index contributed by atoms with van der Waals surface area (Å²) in [6, 6.07) is 7.80. The number of amides is 3. The van der Waals surface area contributed by atoms with Crippen molar-refractivity contribution in [1.29, 1.82) is 0 Å². The van der Waals surface area contributed by atoms with Crippen LogP contribution in [-0.4, -0.2) is 70.0 Å². The number of urea groups is 1. The van der Waals surface area contributed by atoms with E-state index >= 15 is 0 Å². The van der Waals surface area contributed by atoms with E-state index in [2.05, 4.69) is 27.6 Å². The first-order valence-corrected chi connectivity index (χ1v) is 14.1. The Labute approximate surface area is 227 Å². The van der Waals surface area contributed by atoms with Gasteiger partial charge in [0.1, 0.15) is 0 Å². The Bertz CT molecular complexity index is 864. The van der Waals surface area contributed by atoms with Crippen LogP contribution in [0, 0.1) is 11.3 Å². The molecular formula is C28H45ClN4O4. The van der Waals surface area contributed by atoms with Gasteiger partial charge in [-0.05, 0) is 62.3 Å². The number of benzene rings is 1. The van der Waals surface area contributed by atoms with Crippen LogP contribution in [0.4, 0.5) is 9.59 Å². The lowest BCUT2D eigenvalue weighted by atomic mass is 9.72. The Hall–Kier alpha value is -2.03. The number of likely N-dealkylation sites (tertiary alicyclic amines) is 1. The molecule has 0 aromatic heterocycles. The molecule has 8 nitrogen and oxygen atoms in total. The minimum Gasteiger partial charge on any atom is -0.453 e. The van der Waals surface area contributed by atoms with Crippen LogP contribution < -0.4 is 16.0 Å². The Morgan fingerprint density at radius 3 is 2.70 bits per heavy atom. The molecule has 1 unspecified atom stereocenters. The zero-order valence-corrected chi connectivity index (χ0v) is 23.4. The number of rotatable bonds is 11. The fourth-order valence-electron chi connectivity index (χ4n) is 5.93. The molecule has 1 saturated carbocycles. The van der Waals surface area contributed by atoms with Crippen LogP contribution in [0.15, 0.2) is 24.3 Å².